The summed E-state index contributed by atoms with van der Waals surface area (Å²) in [4.78, 5) is 10.9. The first kappa shape index (κ1) is 23.7. The molecule has 0 aliphatic rings. The van der Waals surface area contributed by atoms with Crippen molar-refractivity contribution in [1.82, 2.24) is 0 Å². The normalized spacial score (nSPS) is 10.8. The van der Waals surface area contributed by atoms with E-state index in [1.165, 1.54) is 0 Å². The molecular weight excluding hydrogens is 386 g/mol. The van der Waals surface area contributed by atoms with Crippen LogP contribution in [0.3, 0.4) is 0 Å². The fraction of sp³-hybridized carbons (Fsp3) is 0.435. The van der Waals surface area contributed by atoms with Crippen LogP contribution >= 0.6 is 0 Å². The molecule has 2 N–H and O–H groups in total. The Hall–Kier alpha value is -2.61. The van der Waals surface area contributed by atoms with Crippen LogP contribution < -0.4 is 15.2 Å². The Balaban J connectivity index is 2.48. The first-order valence-electron chi connectivity index (χ1n) is 9.96. The average Bonchev–Trinajstić information content (AvgIpc) is 2.76. The van der Waals surface area contributed by atoms with Crippen LogP contribution in [0.25, 0.3) is 11.1 Å². The summed E-state index contributed by atoms with van der Waals surface area (Å²) < 4.78 is 27.4. The summed E-state index contributed by atoms with van der Waals surface area (Å²) >= 11 is 0. The van der Waals surface area contributed by atoms with Gasteiger partial charge in [-0.25, -0.2) is 0 Å². The topological polar surface area (TPSA) is 89.2 Å². The Morgan fingerprint density at radius 3 is 2.23 bits per heavy atom. The molecule has 0 aliphatic carbocycles. The lowest BCUT2D eigenvalue weighted by Gasteiger charge is -2.22. The lowest BCUT2D eigenvalue weighted by molar-refractivity contribution is -0.122. The molecule has 0 bridgehead atoms. The van der Waals surface area contributed by atoms with Gasteiger partial charge in [0, 0.05) is 32.5 Å². The van der Waals surface area contributed by atoms with Gasteiger partial charge in [-0.15, -0.1) is 0 Å². The molecule has 1 amide bonds. The van der Waals surface area contributed by atoms with E-state index in [2.05, 4.69) is 19.1 Å². The van der Waals surface area contributed by atoms with Crippen LogP contribution in [0.5, 0.6) is 11.5 Å². The molecule has 2 aromatic carbocycles. The Morgan fingerprint density at radius 2 is 1.63 bits per heavy atom. The molecule has 0 saturated carbocycles. The summed E-state index contributed by atoms with van der Waals surface area (Å²) in [5.74, 6) is 0.928. The Bertz CT molecular complexity index is 794. The molecule has 0 aliphatic heterocycles. The maximum Gasteiger partial charge on any atom is 0.243 e. The molecule has 2 aromatic rings. The molecule has 7 nitrogen and oxygen atoms in total. The van der Waals surface area contributed by atoms with Gasteiger partial charge in [0.15, 0.2) is 13.6 Å². The molecule has 0 atom stereocenters. The zero-order valence-corrected chi connectivity index (χ0v) is 17.9. The molecule has 0 radical (unpaired) electrons. The Morgan fingerprint density at radius 1 is 0.967 bits per heavy atom. The third-order valence-corrected chi connectivity index (χ3v) is 4.51. The summed E-state index contributed by atoms with van der Waals surface area (Å²) in [5, 5.41) is 0. The van der Waals surface area contributed by atoms with E-state index in [-0.39, 0.29) is 20.2 Å². The van der Waals surface area contributed by atoms with E-state index in [0.717, 1.165) is 47.3 Å². The van der Waals surface area contributed by atoms with Gasteiger partial charge in [-0.1, -0.05) is 37.3 Å². The molecular formula is C23H31NO6. The van der Waals surface area contributed by atoms with Crippen LogP contribution in [0.15, 0.2) is 36.4 Å². The largest absolute Gasteiger partial charge is 0.467 e. The fourth-order valence-electron chi connectivity index (χ4n) is 3.32. The van der Waals surface area contributed by atoms with Crippen molar-refractivity contribution in [2.75, 3.05) is 41.0 Å². The molecule has 0 heterocycles. The maximum atomic E-state index is 10.9. The highest BCUT2D eigenvalue weighted by Crippen LogP contribution is 2.41. The number of methoxy groups -OCH3 is 2. The van der Waals surface area contributed by atoms with Crippen LogP contribution in [0.1, 0.15) is 24.5 Å². The van der Waals surface area contributed by atoms with Gasteiger partial charge in [0.05, 0.1) is 0 Å². The third kappa shape index (κ3) is 6.73. The number of benzene rings is 2. The van der Waals surface area contributed by atoms with Gasteiger partial charge in [-0.3, -0.25) is 4.79 Å². The standard InChI is InChI=1S/C23H31NO6/c1-4-18-19(11-8-12-28-14-22(24)25)23(17-9-6-5-7-10-17)21(30-16-27-3)13-20(18)29-15-26-2/h5-7,9-10,13H,4,8,11-12,14-16H2,1-3H3,(H2,24,25). The van der Waals surface area contributed by atoms with Crippen molar-refractivity contribution >= 4 is 5.91 Å². The second-order valence-corrected chi connectivity index (χ2v) is 6.65. The zero-order chi connectivity index (χ0) is 21.8. The van der Waals surface area contributed by atoms with Gasteiger partial charge in [0.2, 0.25) is 5.91 Å². The smallest absolute Gasteiger partial charge is 0.243 e. The number of rotatable bonds is 14. The van der Waals surface area contributed by atoms with Gasteiger partial charge in [0.25, 0.3) is 0 Å². The monoisotopic (exact) mass is 417 g/mol. The van der Waals surface area contributed by atoms with E-state index in [1.807, 2.05) is 24.3 Å². The fourth-order valence-corrected chi connectivity index (χ4v) is 3.32. The Kier molecular flexibility index (Phi) is 10.1. The SMILES string of the molecule is CCc1c(OCOC)cc(OCOC)c(-c2ccccc2)c1CCCOCC(N)=O. The third-order valence-electron chi connectivity index (χ3n) is 4.51. The molecule has 0 unspecified atom stereocenters. The van der Waals surface area contributed by atoms with E-state index in [4.69, 9.17) is 29.4 Å². The predicted octanol–water partition coefficient (Wildman–Crippen LogP) is 3.32. The van der Waals surface area contributed by atoms with Crippen molar-refractivity contribution in [3.05, 3.63) is 47.5 Å². The second kappa shape index (κ2) is 12.8. The molecule has 0 aromatic heterocycles. The van der Waals surface area contributed by atoms with Gasteiger partial charge < -0.3 is 29.4 Å². The average molecular weight is 418 g/mol. The number of carbonyl (C=O) groups excluding carboxylic acids is 1. The van der Waals surface area contributed by atoms with Crippen molar-refractivity contribution in [3.8, 4) is 22.6 Å². The highest BCUT2D eigenvalue weighted by atomic mass is 16.7. The van der Waals surface area contributed by atoms with E-state index < -0.39 is 5.91 Å². The molecule has 0 fully saturated rings. The van der Waals surface area contributed by atoms with E-state index in [1.54, 1.807) is 14.2 Å². The van der Waals surface area contributed by atoms with Crippen molar-refractivity contribution < 1.29 is 28.5 Å². The number of nitrogens with two attached hydrogens (primary N) is 1. The minimum Gasteiger partial charge on any atom is -0.467 e. The van der Waals surface area contributed by atoms with Gasteiger partial charge in [0.1, 0.15) is 18.1 Å². The number of ether oxygens (including phenoxy) is 5. The second-order valence-electron chi connectivity index (χ2n) is 6.65. The molecule has 0 spiro atoms. The molecule has 164 valence electrons. The van der Waals surface area contributed by atoms with Crippen LogP contribution in [-0.2, 0) is 31.8 Å². The predicted molar refractivity (Wildman–Crippen MR) is 115 cm³/mol. The minimum atomic E-state index is -0.473. The molecule has 0 saturated heterocycles. The highest BCUT2D eigenvalue weighted by Gasteiger charge is 2.20. The van der Waals surface area contributed by atoms with E-state index in [9.17, 15) is 4.79 Å². The zero-order valence-electron chi connectivity index (χ0n) is 17.9. The number of carbonyl (C=O) groups is 1. The highest BCUT2D eigenvalue weighted by molar-refractivity contribution is 5.77. The van der Waals surface area contributed by atoms with Gasteiger partial charge in [-0.2, -0.15) is 0 Å². The quantitative estimate of drug-likeness (QED) is 0.375. The number of hydrogen-bond donors (Lipinski definition) is 1. The molecule has 30 heavy (non-hydrogen) atoms. The molecule has 7 heteroatoms. The first-order valence-corrected chi connectivity index (χ1v) is 9.96. The first-order chi connectivity index (χ1) is 14.6. The van der Waals surface area contributed by atoms with Crippen LogP contribution in [-0.4, -0.2) is 46.9 Å². The summed E-state index contributed by atoms with van der Waals surface area (Å²) in [7, 11) is 3.17. The summed E-state index contributed by atoms with van der Waals surface area (Å²) in [6.45, 7) is 2.70. The molecule has 2 rings (SSSR count). The summed E-state index contributed by atoms with van der Waals surface area (Å²) in [5.41, 5.74) is 9.40. The summed E-state index contributed by atoms with van der Waals surface area (Å²) in [6.07, 6.45) is 2.22. The van der Waals surface area contributed by atoms with Gasteiger partial charge in [-0.05, 0) is 36.0 Å². The maximum absolute atomic E-state index is 10.9. The van der Waals surface area contributed by atoms with Crippen molar-refractivity contribution in [1.29, 1.82) is 0 Å². The van der Waals surface area contributed by atoms with Crippen molar-refractivity contribution in [3.63, 3.8) is 0 Å². The lowest BCUT2D eigenvalue weighted by Crippen LogP contribution is -2.18. The summed E-state index contributed by atoms with van der Waals surface area (Å²) in [6, 6.07) is 12.0. The van der Waals surface area contributed by atoms with Crippen molar-refractivity contribution in [2.45, 2.75) is 26.2 Å². The lowest BCUT2D eigenvalue weighted by atomic mass is 9.89. The van der Waals surface area contributed by atoms with Gasteiger partial charge >= 0.3 is 0 Å². The van der Waals surface area contributed by atoms with E-state index >= 15 is 0 Å². The van der Waals surface area contributed by atoms with Crippen LogP contribution in [0.4, 0.5) is 0 Å². The number of amides is 1. The Labute approximate surface area is 178 Å². The number of primary amides is 1. The minimum absolute atomic E-state index is 0.0780. The van der Waals surface area contributed by atoms with Crippen LogP contribution in [0, 0.1) is 0 Å². The van der Waals surface area contributed by atoms with Crippen molar-refractivity contribution in [2.24, 2.45) is 5.73 Å². The van der Waals surface area contributed by atoms with Crippen LogP contribution in [0.2, 0.25) is 0 Å². The van der Waals surface area contributed by atoms with E-state index in [0.29, 0.717) is 12.4 Å². The number of hydrogen-bond acceptors (Lipinski definition) is 6.